The quantitative estimate of drug-likeness (QED) is 0.555. The second-order valence-electron chi connectivity index (χ2n) is 12.3. The molecule has 38 heavy (non-hydrogen) atoms. The van der Waals surface area contributed by atoms with E-state index in [4.69, 9.17) is 5.73 Å². The van der Waals surface area contributed by atoms with E-state index in [1.807, 2.05) is 28.8 Å². The van der Waals surface area contributed by atoms with Crippen LogP contribution in [0.1, 0.15) is 83.1 Å². The molecule has 6 atom stereocenters. The average molecular weight is 515 g/mol. The van der Waals surface area contributed by atoms with Crippen LogP contribution in [0.3, 0.4) is 0 Å². The molecule has 3 aromatic rings. The summed E-state index contributed by atoms with van der Waals surface area (Å²) in [5.41, 5.74) is 6.47. The fourth-order valence-corrected chi connectivity index (χ4v) is 8.54. The first kappa shape index (κ1) is 24.1. The van der Waals surface area contributed by atoms with E-state index in [9.17, 15) is 9.59 Å². The lowest BCUT2D eigenvalue weighted by atomic mass is 9.73. The van der Waals surface area contributed by atoms with E-state index in [-0.39, 0.29) is 23.2 Å². The van der Waals surface area contributed by atoms with Crippen LogP contribution in [0.25, 0.3) is 16.9 Å². The molecule has 8 nitrogen and oxygen atoms in total. The molecule has 2 saturated carbocycles. The topological polar surface area (TPSA) is 99.0 Å². The number of fused-ring (bicyclic) bond motifs is 5. The Kier molecular flexibility index (Phi) is 6.10. The molecule has 2 aliphatic carbocycles. The molecule has 2 aromatic heterocycles. The SMILES string of the molecule is Nc1ccn(-c2nc3ccccc3n([C@@H]3C[C@H]4CCC[C@@H](C3)N4[C@@H]3C[C@@H]4CCCC[C@@H](C4)C3)c2=O)c(=O)n1. The van der Waals surface area contributed by atoms with Crippen LogP contribution in [-0.2, 0) is 0 Å². The molecule has 2 aliphatic heterocycles. The van der Waals surface area contributed by atoms with Crippen LogP contribution < -0.4 is 17.0 Å². The molecule has 7 rings (SSSR count). The fourth-order valence-electron chi connectivity index (χ4n) is 8.54. The molecule has 1 aromatic carbocycles. The van der Waals surface area contributed by atoms with Crippen LogP contribution >= 0.6 is 0 Å². The summed E-state index contributed by atoms with van der Waals surface area (Å²) < 4.78 is 3.19. The van der Waals surface area contributed by atoms with Gasteiger partial charge in [0, 0.05) is 30.4 Å². The van der Waals surface area contributed by atoms with Gasteiger partial charge < -0.3 is 10.3 Å². The van der Waals surface area contributed by atoms with Crippen molar-refractivity contribution in [2.75, 3.05) is 5.73 Å². The normalized spacial score (nSPS) is 31.7. The molecule has 8 heteroatoms. The molecule has 2 saturated heterocycles. The third-order valence-electron chi connectivity index (χ3n) is 9.98. The summed E-state index contributed by atoms with van der Waals surface area (Å²) in [4.78, 5) is 38.1. The summed E-state index contributed by atoms with van der Waals surface area (Å²) in [6, 6.07) is 11.2. The predicted molar refractivity (Wildman–Crippen MR) is 148 cm³/mol. The van der Waals surface area contributed by atoms with Crippen molar-refractivity contribution >= 4 is 16.9 Å². The third-order valence-corrected chi connectivity index (χ3v) is 9.98. The zero-order valence-corrected chi connectivity index (χ0v) is 22.0. The second kappa shape index (κ2) is 9.63. The highest BCUT2D eigenvalue weighted by molar-refractivity contribution is 5.75. The highest BCUT2D eigenvalue weighted by Crippen LogP contribution is 2.47. The largest absolute Gasteiger partial charge is 0.383 e. The van der Waals surface area contributed by atoms with Crippen LogP contribution in [0.4, 0.5) is 5.82 Å². The predicted octanol–water partition coefficient (Wildman–Crippen LogP) is 4.44. The van der Waals surface area contributed by atoms with Crippen molar-refractivity contribution in [2.24, 2.45) is 11.8 Å². The second-order valence-corrected chi connectivity index (χ2v) is 12.3. The Morgan fingerprint density at radius 3 is 2.16 bits per heavy atom. The van der Waals surface area contributed by atoms with Gasteiger partial charge in [-0.2, -0.15) is 4.98 Å². The lowest BCUT2D eigenvalue weighted by Crippen LogP contribution is -2.58. The molecular formula is C30H38N6O2. The summed E-state index contributed by atoms with van der Waals surface area (Å²) in [7, 11) is 0. The van der Waals surface area contributed by atoms with Crippen molar-refractivity contribution in [1.82, 2.24) is 24.0 Å². The molecule has 4 aliphatic rings. The van der Waals surface area contributed by atoms with Gasteiger partial charge in [-0.3, -0.25) is 9.69 Å². The minimum atomic E-state index is -0.582. The Hall–Kier alpha value is -3.00. The Morgan fingerprint density at radius 1 is 0.737 bits per heavy atom. The van der Waals surface area contributed by atoms with Gasteiger partial charge in [0.2, 0.25) is 5.82 Å². The van der Waals surface area contributed by atoms with Gasteiger partial charge in [-0.05, 0) is 75.0 Å². The summed E-state index contributed by atoms with van der Waals surface area (Å²) in [5.74, 6) is 2.04. The van der Waals surface area contributed by atoms with E-state index in [0.29, 0.717) is 18.1 Å². The number of rotatable bonds is 3. The Morgan fingerprint density at radius 2 is 1.45 bits per heavy atom. The first-order valence-electron chi connectivity index (χ1n) is 14.7. The Bertz CT molecular complexity index is 1440. The molecule has 2 N–H and O–H groups in total. The summed E-state index contributed by atoms with van der Waals surface area (Å²) in [5, 5.41) is 0. The molecule has 0 radical (unpaired) electrons. The number of aromatic nitrogens is 4. The van der Waals surface area contributed by atoms with E-state index < -0.39 is 5.69 Å². The number of hydrogen-bond donors (Lipinski definition) is 1. The van der Waals surface area contributed by atoms with E-state index in [1.54, 1.807) is 0 Å². The first-order chi connectivity index (χ1) is 18.5. The van der Waals surface area contributed by atoms with Gasteiger partial charge in [0.25, 0.3) is 5.56 Å². The zero-order valence-electron chi connectivity index (χ0n) is 22.0. The van der Waals surface area contributed by atoms with Gasteiger partial charge in [-0.25, -0.2) is 14.3 Å². The number of nitrogens with zero attached hydrogens (tertiary/aromatic N) is 5. The molecule has 0 unspecified atom stereocenters. The smallest absolute Gasteiger partial charge is 0.355 e. The third kappa shape index (κ3) is 4.17. The molecule has 4 fully saturated rings. The number of para-hydroxylation sites is 2. The molecule has 4 heterocycles. The monoisotopic (exact) mass is 514 g/mol. The zero-order chi connectivity index (χ0) is 25.8. The average Bonchev–Trinajstić information content (AvgIpc) is 3.07. The maximum Gasteiger partial charge on any atom is 0.355 e. The van der Waals surface area contributed by atoms with E-state index in [1.165, 1.54) is 81.0 Å². The lowest BCUT2D eigenvalue weighted by Gasteiger charge is -2.54. The van der Waals surface area contributed by atoms with Gasteiger partial charge in [0.15, 0.2) is 0 Å². The van der Waals surface area contributed by atoms with Crippen LogP contribution in [0.2, 0.25) is 0 Å². The molecule has 0 spiro atoms. The number of hydrogen-bond acceptors (Lipinski definition) is 6. The van der Waals surface area contributed by atoms with Crippen molar-refractivity contribution in [2.45, 2.75) is 101 Å². The van der Waals surface area contributed by atoms with Crippen LogP contribution in [0.15, 0.2) is 46.1 Å². The van der Waals surface area contributed by atoms with Crippen molar-refractivity contribution in [1.29, 1.82) is 0 Å². The fraction of sp³-hybridized carbons (Fsp3) is 0.600. The van der Waals surface area contributed by atoms with Crippen molar-refractivity contribution < 1.29 is 0 Å². The standard InChI is InChI=1S/C30H38N6O2/c31-27-12-13-34(30(38)33-27)28-29(37)36(26-11-4-3-10-25(26)32-28)24-17-21-8-5-9-22(18-24)35(21)23-15-19-6-1-2-7-20(14-19)16-23/h3-4,10-13,19-24H,1-2,5-9,14-18H2,(H2,31,33,38)/t19-,20+,21-,22+,23-,24-. The number of anilines is 1. The van der Waals surface area contributed by atoms with E-state index >= 15 is 0 Å². The van der Waals surface area contributed by atoms with Crippen molar-refractivity contribution in [3.8, 4) is 5.82 Å². The number of piperidine rings is 2. The number of nitrogens with two attached hydrogens (primary N) is 1. The summed E-state index contributed by atoms with van der Waals surface area (Å²) >= 11 is 0. The van der Waals surface area contributed by atoms with Crippen LogP contribution in [0, 0.1) is 11.8 Å². The highest BCUT2D eigenvalue weighted by Gasteiger charge is 2.45. The van der Waals surface area contributed by atoms with Crippen LogP contribution in [-0.4, -0.2) is 42.1 Å². The Labute approximate surface area is 222 Å². The van der Waals surface area contributed by atoms with E-state index in [0.717, 1.165) is 35.7 Å². The summed E-state index contributed by atoms with van der Waals surface area (Å²) in [6.07, 6.45) is 17.0. The molecular weight excluding hydrogens is 476 g/mol. The van der Waals surface area contributed by atoms with Crippen LogP contribution in [0.5, 0.6) is 0 Å². The number of nitrogen functional groups attached to an aromatic ring is 1. The minimum absolute atomic E-state index is 0.0870. The Balaban J connectivity index is 1.26. The molecule has 200 valence electrons. The van der Waals surface area contributed by atoms with E-state index in [2.05, 4.69) is 14.9 Å². The van der Waals surface area contributed by atoms with Crippen molar-refractivity contribution in [3.05, 3.63) is 57.4 Å². The minimum Gasteiger partial charge on any atom is -0.383 e. The molecule has 4 bridgehead atoms. The number of benzene rings is 1. The highest BCUT2D eigenvalue weighted by atomic mass is 16.2. The molecule has 0 amide bonds. The van der Waals surface area contributed by atoms with Gasteiger partial charge in [0.05, 0.1) is 11.0 Å². The van der Waals surface area contributed by atoms with Gasteiger partial charge >= 0.3 is 5.69 Å². The lowest BCUT2D eigenvalue weighted by molar-refractivity contribution is -0.0420. The maximum atomic E-state index is 14.1. The summed E-state index contributed by atoms with van der Waals surface area (Å²) in [6.45, 7) is 0. The van der Waals surface area contributed by atoms with Gasteiger partial charge in [-0.1, -0.05) is 44.2 Å². The van der Waals surface area contributed by atoms with Gasteiger partial charge in [-0.15, -0.1) is 0 Å². The van der Waals surface area contributed by atoms with Gasteiger partial charge in [0.1, 0.15) is 5.82 Å². The van der Waals surface area contributed by atoms with Crippen molar-refractivity contribution in [3.63, 3.8) is 0 Å². The first-order valence-corrected chi connectivity index (χ1v) is 14.7. The maximum absolute atomic E-state index is 14.1.